The number of rotatable bonds is 5. The van der Waals surface area contributed by atoms with Crippen LogP contribution in [0.15, 0.2) is 30.3 Å². The van der Waals surface area contributed by atoms with Crippen molar-refractivity contribution < 1.29 is 33.0 Å². The van der Waals surface area contributed by atoms with E-state index in [1.807, 2.05) is 0 Å². The van der Waals surface area contributed by atoms with Crippen molar-refractivity contribution in [3.8, 4) is 5.75 Å². The number of hydrogen-bond acceptors (Lipinski definition) is 6. The molecule has 0 aromatic heterocycles. The summed E-state index contributed by atoms with van der Waals surface area (Å²) in [6.45, 7) is 1.29. The van der Waals surface area contributed by atoms with Crippen LogP contribution in [0.1, 0.15) is 25.3 Å². The Hall–Kier alpha value is -2.91. The Labute approximate surface area is 194 Å². The number of piperidine rings is 1. The predicted molar refractivity (Wildman–Crippen MR) is 118 cm³/mol. The third-order valence-electron chi connectivity index (χ3n) is 5.92. The van der Waals surface area contributed by atoms with Crippen molar-refractivity contribution in [2.75, 3.05) is 29.9 Å². The van der Waals surface area contributed by atoms with Gasteiger partial charge in [0.15, 0.2) is 6.10 Å². The van der Waals surface area contributed by atoms with Crippen LogP contribution >= 0.6 is 11.6 Å². The van der Waals surface area contributed by atoms with Gasteiger partial charge in [-0.15, -0.1) is 0 Å². The van der Waals surface area contributed by atoms with Crippen LogP contribution in [-0.2, 0) is 20.7 Å². The maximum absolute atomic E-state index is 14.4. The maximum Gasteiger partial charge on any atom is 0.303 e. The summed E-state index contributed by atoms with van der Waals surface area (Å²) in [5, 5.41) is 14.1. The Morgan fingerprint density at radius 3 is 2.79 bits per heavy atom. The Morgan fingerprint density at radius 1 is 1.27 bits per heavy atom. The number of aliphatic hydroxyl groups is 1. The molecule has 0 aliphatic carbocycles. The molecular formula is C23H23ClF2N2O5. The minimum absolute atomic E-state index is 0.0373. The molecule has 2 heterocycles. The molecule has 2 aromatic rings. The van der Waals surface area contributed by atoms with E-state index in [0.29, 0.717) is 17.7 Å². The zero-order chi connectivity index (χ0) is 23.8. The lowest BCUT2D eigenvalue weighted by molar-refractivity contribution is -0.169. The second-order valence-corrected chi connectivity index (χ2v) is 8.67. The normalized spacial score (nSPS) is 22.4. The smallest absolute Gasteiger partial charge is 0.303 e. The summed E-state index contributed by atoms with van der Waals surface area (Å²) < 4.78 is 39.8. The lowest BCUT2D eigenvalue weighted by Gasteiger charge is -2.44. The first-order chi connectivity index (χ1) is 15.7. The third-order valence-corrected chi connectivity index (χ3v) is 6.16. The molecule has 0 saturated carbocycles. The fourth-order valence-corrected chi connectivity index (χ4v) is 4.34. The first kappa shape index (κ1) is 23.3. The molecular weight excluding hydrogens is 458 g/mol. The summed E-state index contributed by atoms with van der Waals surface area (Å²) in [6.07, 6.45) is -0.402. The molecule has 0 unspecified atom stereocenters. The number of nitrogens with one attached hydrogen (secondary N) is 1. The van der Waals surface area contributed by atoms with E-state index in [4.69, 9.17) is 21.1 Å². The van der Waals surface area contributed by atoms with Gasteiger partial charge in [0, 0.05) is 36.9 Å². The molecule has 0 bridgehead atoms. The van der Waals surface area contributed by atoms with Gasteiger partial charge in [-0.2, -0.15) is 0 Å². The standard InChI is InChI=1S/C23H23ClF2N2O5/c1-13(29)33-20-11-28(18-5-2-14(24)10-17(18)26)9-8-23(20,31)12-32-19-6-4-16(25)22-15(19)3-7-21(30)27-22/h2,4-6,10,20,31H,3,7-9,11-12H2,1H3,(H,27,30)/t20-,23-/m1/s1. The first-order valence-electron chi connectivity index (χ1n) is 10.5. The molecule has 4 rings (SSSR count). The lowest BCUT2D eigenvalue weighted by atomic mass is 9.88. The molecule has 1 saturated heterocycles. The summed E-state index contributed by atoms with van der Waals surface area (Å²) >= 11 is 5.84. The average Bonchev–Trinajstić information content (AvgIpc) is 2.75. The Morgan fingerprint density at radius 2 is 2.06 bits per heavy atom. The predicted octanol–water partition coefficient (Wildman–Crippen LogP) is 3.45. The summed E-state index contributed by atoms with van der Waals surface area (Å²) in [5.41, 5.74) is -0.712. The highest BCUT2D eigenvalue weighted by Crippen LogP contribution is 2.36. The molecule has 10 heteroatoms. The molecule has 7 nitrogen and oxygen atoms in total. The van der Waals surface area contributed by atoms with Gasteiger partial charge in [-0.25, -0.2) is 8.78 Å². The van der Waals surface area contributed by atoms with Crippen LogP contribution in [0, 0.1) is 11.6 Å². The van der Waals surface area contributed by atoms with Crippen LogP contribution < -0.4 is 15.0 Å². The minimum atomic E-state index is -1.57. The van der Waals surface area contributed by atoms with E-state index in [9.17, 15) is 23.5 Å². The average molecular weight is 481 g/mol. The number of amides is 1. The zero-order valence-corrected chi connectivity index (χ0v) is 18.6. The highest BCUT2D eigenvalue weighted by Gasteiger charge is 2.45. The van der Waals surface area contributed by atoms with E-state index < -0.39 is 29.3 Å². The number of fused-ring (bicyclic) bond motifs is 1. The number of nitrogens with zero attached hydrogens (tertiary/aromatic N) is 1. The monoisotopic (exact) mass is 480 g/mol. The summed E-state index contributed by atoms with van der Waals surface area (Å²) in [6, 6.07) is 6.90. The second kappa shape index (κ2) is 9.15. The van der Waals surface area contributed by atoms with E-state index in [2.05, 4.69) is 5.32 Å². The maximum atomic E-state index is 14.4. The molecule has 0 radical (unpaired) electrons. The molecule has 1 fully saturated rings. The Bertz CT molecular complexity index is 1100. The molecule has 2 N–H and O–H groups in total. The lowest BCUT2D eigenvalue weighted by Crippen LogP contribution is -2.60. The highest BCUT2D eigenvalue weighted by atomic mass is 35.5. The summed E-state index contributed by atoms with van der Waals surface area (Å²) in [7, 11) is 0. The van der Waals surface area contributed by atoms with E-state index in [-0.39, 0.29) is 54.8 Å². The van der Waals surface area contributed by atoms with Crippen molar-refractivity contribution >= 4 is 34.9 Å². The van der Waals surface area contributed by atoms with Gasteiger partial charge < -0.3 is 24.8 Å². The topological polar surface area (TPSA) is 88.1 Å². The molecule has 176 valence electrons. The number of hydrogen-bond donors (Lipinski definition) is 2. The van der Waals surface area contributed by atoms with Gasteiger partial charge in [0.2, 0.25) is 5.91 Å². The van der Waals surface area contributed by atoms with Crippen LogP contribution in [0.25, 0.3) is 0 Å². The SMILES string of the molecule is CC(=O)O[C@@H]1CN(c2ccc(Cl)cc2F)CC[C@@]1(O)COc1ccc(F)c2c1CCC(=O)N2. The van der Waals surface area contributed by atoms with Crippen LogP contribution in [0.3, 0.4) is 0 Å². The molecule has 1 amide bonds. The Kier molecular flexibility index (Phi) is 6.45. The van der Waals surface area contributed by atoms with Crippen LogP contribution in [0.4, 0.5) is 20.2 Å². The highest BCUT2D eigenvalue weighted by molar-refractivity contribution is 6.30. The fourth-order valence-electron chi connectivity index (χ4n) is 4.18. The number of benzene rings is 2. The van der Waals surface area contributed by atoms with E-state index in [1.165, 1.54) is 31.2 Å². The van der Waals surface area contributed by atoms with Crippen molar-refractivity contribution in [1.82, 2.24) is 0 Å². The Balaban J connectivity index is 1.54. The van der Waals surface area contributed by atoms with Crippen molar-refractivity contribution in [2.24, 2.45) is 0 Å². The van der Waals surface area contributed by atoms with Crippen LogP contribution in [0.5, 0.6) is 5.75 Å². The number of carbonyl (C=O) groups excluding carboxylic acids is 2. The number of ether oxygens (including phenoxy) is 2. The molecule has 2 atom stereocenters. The van der Waals surface area contributed by atoms with E-state index in [0.717, 1.165) is 0 Å². The number of halogens is 3. The fraction of sp³-hybridized carbons (Fsp3) is 0.391. The van der Waals surface area contributed by atoms with Gasteiger partial charge in [0.1, 0.15) is 29.6 Å². The third kappa shape index (κ3) is 4.89. The number of carbonyl (C=O) groups is 2. The minimum Gasteiger partial charge on any atom is -0.490 e. The van der Waals surface area contributed by atoms with Crippen molar-refractivity contribution in [3.63, 3.8) is 0 Å². The quantitative estimate of drug-likeness (QED) is 0.637. The van der Waals surface area contributed by atoms with Gasteiger partial charge in [-0.3, -0.25) is 9.59 Å². The van der Waals surface area contributed by atoms with Crippen molar-refractivity contribution in [1.29, 1.82) is 0 Å². The van der Waals surface area contributed by atoms with Crippen molar-refractivity contribution in [3.05, 3.63) is 52.6 Å². The second-order valence-electron chi connectivity index (χ2n) is 8.23. The van der Waals surface area contributed by atoms with E-state index >= 15 is 0 Å². The van der Waals surface area contributed by atoms with Gasteiger partial charge >= 0.3 is 5.97 Å². The molecule has 2 aromatic carbocycles. The largest absolute Gasteiger partial charge is 0.490 e. The zero-order valence-electron chi connectivity index (χ0n) is 17.9. The number of anilines is 2. The molecule has 33 heavy (non-hydrogen) atoms. The van der Waals surface area contributed by atoms with Gasteiger partial charge in [0.25, 0.3) is 0 Å². The van der Waals surface area contributed by atoms with Gasteiger partial charge in [-0.05, 0) is 36.8 Å². The first-order valence-corrected chi connectivity index (χ1v) is 10.9. The molecule has 0 spiro atoms. The summed E-state index contributed by atoms with van der Waals surface area (Å²) in [4.78, 5) is 25.0. The van der Waals surface area contributed by atoms with Gasteiger partial charge in [0.05, 0.1) is 17.9 Å². The van der Waals surface area contributed by atoms with E-state index in [1.54, 1.807) is 11.0 Å². The number of esters is 1. The molecule has 2 aliphatic rings. The van der Waals surface area contributed by atoms with Gasteiger partial charge in [-0.1, -0.05) is 11.6 Å². The van der Waals surface area contributed by atoms with Crippen molar-refractivity contribution in [2.45, 2.75) is 37.9 Å². The summed E-state index contributed by atoms with van der Waals surface area (Å²) in [5.74, 6) is -1.65. The van der Waals surface area contributed by atoms with Crippen LogP contribution in [0.2, 0.25) is 5.02 Å². The molecule has 2 aliphatic heterocycles. The van der Waals surface area contributed by atoms with Crippen LogP contribution in [-0.4, -0.2) is 48.4 Å².